The van der Waals surface area contributed by atoms with E-state index >= 15 is 0 Å². The highest BCUT2D eigenvalue weighted by atomic mass is 16.5. The second kappa shape index (κ2) is 9.10. The lowest BCUT2D eigenvalue weighted by molar-refractivity contribution is 0.211. The summed E-state index contributed by atoms with van der Waals surface area (Å²) in [7, 11) is 0. The fourth-order valence-electron chi connectivity index (χ4n) is 2.00. The van der Waals surface area contributed by atoms with Crippen LogP contribution >= 0.6 is 0 Å². The van der Waals surface area contributed by atoms with Crippen molar-refractivity contribution in [1.82, 2.24) is 15.4 Å². The molecule has 4 nitrogen and oxygen atoms in total. The van der Waals surface area contributed by atoms with Crippen molar-refractivity contribution in [2.24, 2.45) is 5.92 Å². The van der Waals surface area contributed by atoms with Crippen LogP contribution in [-0.4, -0.2) is 29.7 Å². The molecule has 0 amide bonds. The first-order valence-corrected chi connectivity index (χ1v) is 7.57. The van der Waals surface area contributed by atoms with Gasteiger partial charge in [0.2, 0.25) is 0 Å². The summed E-state index contributed by atoms with van der Waals surface area (Å²) >= 11 is 0. The van der Waals surface area contributed by atoms with Crippen molar-refractivity contribution < 1.29 is 4.52 Å². The van der Waals surface area contributed by atoms with Crippen LogP contribution in [0.15, 0.2) is 10.6 Å². The number of aromatic nitrogens is 1. The van der Waals surface area contributed by atoms with Crippen molar-refractivity contribution in [2.75, 3.05) is 19.6 Å². The van der Waals surface area contributed by atoms with E-state index in [0.717, 1.165) is 56.5 Å². The molecule has 0 aliphatic rings. The number of rotatable bonds is 10. The Morgan fingerprint density at radius 2 is 2.16 bits per heavy atom. The summed E-state index contributed by atoms with van der Waals surface area (Å²) < 4.78 is 5.41. The maximum absolute atomic E-state index is 5.41. The van der Waals surface area contributed by atoms with Crippen LogP contribution in [0.4, 0.5) is 0 Å². The third-order valence-corrected chi connectivity index (χ3v) is 3.43. The monoisotopic (exact) mass is 267 g/mol. The molecule has 1 aromatic rings. The SMILES string of the molecule is CCCNCc1cc(CN(CC)CC(C)CC)on1. The van der Waals surface area contributed by atoms with Gasteiger partial charge in [0.05, 0.1) is 12.2 Å². The molecule has 19 heavy (non-hydrogen) atoms. The fourth-order valence-corrected chi connectivity index (χ4v) is 2.00. The third-order valence-electron chi connectivity index (χ3n) is 3.43. The molecule has 0 aliphatic heterocycles. The van der Waals surface area contributed by atoms with Crippen molar-refractivity contribution in [1.29, 1.82) is 0 Å². The molecule has 1 rings (SSSR count). The maximum atomic E-state index is 5.41. The van der Waals surface area contributed by atoms with Crippen molar-refractivity contribution >= 4 is 0 Å². The van der Waals surface area contributed by atoms with Crippen LogP contribution in [0.1, 0.15) is 52.0 Å². The van der Waals surface area contributed by atoms with Crippen LogP contribution in [0.3, 0.4) is 0 Å². The van der Waals surface area contributed by atoms with Crippen molar-refractivity contribution in [2.45, 2.75) is 53.6 Å². The van der Waals surface area contributed by atoms with Crippen LogP contribution in [0.25, 0.3) is 0 Å². The minimum Gasteiger partial charge on any atom is -0.360 e. The topological polar surface area (TPSA) is 41.3 Å². The van der Waals surface area contributed by atoms with Crippen LogP contribution in [0.5, 0.6) is 0 Å². The molecule has 4 heteroatoms. The zero-order valence-electron chi connectivity index (χ0n) is 12.9. The predicted octanol–water partition coefficient (Wildman–Crippen LogP) is 3.04. The molecule has 0 fully saturated rings. The first kappa shape index (κ1) is 16.2. The molecule has 0 radical (unpaired) electrons. The van der Waals surface area contributed by atoms with Crippen molar-refractivity contribution in [3.8, 4) is 0 Å². The highest BCUT2D eigenvalue weighted by Gasteiger charge is 2.11. The Morgan fingerprint density at radius 1 is 1.37 bits per heavy atom. The molecule has 0 aliphatic carbocycles. The largest absolute Gasteiger partial charge is 0.360 e. The molecule has 1 heterocycles. The Morgan fingerprint density at radius 3 is 2.79 bits per heavy atom. The number of hydrogen-bond acceptors (Lipinski definition) is 4. The summed E-state index contributed by atoms with van der Waals surface area (Å²) in [5, 5.41) is 7.45. The second-order valence-corrected chi connectivity index (χ2v) is 5.30. The van der Waals surface area contributed by atoms with Gasteiger partial charge in [0.25, 0.3) is 0 Å². The summed E-state index contributed by atoms with van der Waals surface area (Å²) in [5.41, 5.74) is 1.00. The first-order chi connectivity index (χ1) is 9.19. The summed E-state index contributed by atoms with van der Waals surface area (Å²) in [5.74, 6) is 1.70. The Bertz CT molecular complexity index is 338. The molecule has 0 saturated carbocycles. The molecule has 1 unspecified atom stereocenters. The van der Waals surface area contributed by atoms with E-state index in [2.05, 4.69) is 49.1 Å². The molecule has 1 atom stereocenters. The molecular weight excluding hydrogens is 238 g/mol. The average Bonchev–Trinajstić information content (AvgIpc) is 2.85. The molecule has 0 aromatic carbocycles. The third kappa shape index (κ3) is 6.21. The van der Waals surface area contributed by atoms with E-state index in [1.54, 1.807) is 0 Å². The Labute approximate surface area is 117 Å². The lowest BCUT2D eigenvalue weighted by Crippen LogP contribution is -2.27. The quantitative estimate of drug-likeness (QED) is 0.662. The number of hydrogen-bond donors (Lipinski definition) is 1. The summed E-state index contributed by atoms with van der Waals surface area (Å²) in [4.78, 5) is 2.41. The molecule has 1 N–H and O–H groups in total. The van der Waals surface area contributed by atoms with Gasteiger partial charge in [-0.3, -0.25) is 4.90 Å². The Hall–Kier alpha value is -0.870. The highest BCUT2D eigenvalue weighted by molar-refractivity contribution is 5.05. The Kier molecular flexibility index (Phi) is 7.75. The molecule has 0 bridgehead atoms. The van der Waals surface area contributed by atoms with E-state index in [-0.39, 0.29) is 0 Å². The Balaban J connectivity index is 2.42. The molecule has 1 aromatic heterocycles. The average molecular weight is 267 g/mol. The van der Waals surface area contributed by atoms with E-state index in [1.165, 1.54) is 6.42 Å². The van der Waals surface area contributed by atoms with Gasteiger partial charge in [0.15, 0.2) is 5.76 Å². The first-order valence-electron chi connectivity index (χ1n) is 7.57. The van der Waals surface area contributed by atoms with Gasteiger partial charge in [-0.15, -0.1) is 0 Å². The highest BCUT2D eigenvalue weighted by Crippen LogP contribution is 2.10. The summed E-state index contributed by atoms with van der Waals surface area (Å²) in [6.07, 6.45) is 2.36. The minimum absolute atomic E-state index is 0.730. The van der Waals surface area contributed by atoms with Crippen LogP contribution in [-0.2, 0) is 13.1 Å². The smallest absolute Gasteiger partial charge is 0.151 e. The molecule has 0 saturated heterocycles. The maximum Gasteiger partial charge on any atom is 0.151 e. The van der Waals surface area contributed by atoms with E-state index < -0.39 is 0 Å². The molecular formula is C15H29N3O. The fraction of sp³-hybridized carbons (Fsp3) is 0.800. The standard InChI is InChI=1S/C15H29N3O/c1-5-8-16-10-14-9-15(19-17-14)12-18(7-3)11-13(4)6-2/h9,13,16H,5-8,10-12H2,1-4H3. The van der Waals surface area contributed by atoms with Crippen molar-refractivity contribution in [3.05, 3.63) is 17.5 Å². The van der Waals surface area contributed by atoms with Crippen molar-refractivity contribution in [3.63, 3.8) is 0 Å². The lowest BCUT2D eigenvalue weighted by Gasteiger charge is -2.22. The van der Waals surface area contributed by atoms with Gasteiger partial charge < -0.3 is 9.84 Å². The van der Waals surface area contributed by atoms with Gasteiger partial charge in [-0.25, -0.2) is 0 Å². The lowest BCUT2D eigenvalue weighted by atomic mass is 10.1. The van der Waals surface area contributed by atoms with Gasteiger partial charge in [-0.05, 0) is 25.4 Å². The molecule has 0 spiro atoms. The normalized spacial score (nSPS) is 13.1. The molecule has 110 valence electrons. The zero-order chi connectivity index (χ0) is 14.1. The van der Waals surface area contributed by atoms with E-state index in [1.807, 2.05) is 0 Å². The predicted molar refractivity (Wildman–Crippen MR) is 78.9 cm³/mol. The number of nitrogens with one attached hydrogen (secondary N) is 1. The van der Waals surface area contributed by atoms with Gasteiger partial charge in [-0.2, -0.15) is 0 Å². The van der Waals surface area contributed by atoms with Gasteiger partial charge >= 0.3 is 0 Å². The van der Waals surface area contributed by atoms with Crippen LogP contribution in [0.2, 0.25) is 0 Å². The van der Waals surface area contributed by atoms with E-state index in [9.17, 15) is 0 Å². The van der Waals surface area contributed by atoms with Crippen LogP contribution in [0, 0.1) is 5.92 Å². The van der Waals surface area contributed by atoms with Crippen LogP contribution < -0.4 is 5.32 Å². The minimum atomic E-state index is 0.730. The van der Waals surface area contributed by atoms with E-state index in [0.29, 0.717) is 0 Å². The van der Waals surface area contributed by atoms with Gasteiger partial charge in [0.1, 0.15) is 0 Å². The second-order valence-electron chi connectivity index (χ2n) is 5.30. The summed E-state index contributed by atoms with van der Waals surface area (Å²) in [6.45, 7) is 13.8. The van der Waals surface area contributed by atoms with Gasteiger partial charge in [0, 0.05) is 19.2 Å². The van der Waals surface area contributed by atoms with Gasteiger partial charge in [-0.1, -0.05) is 39.3 Å². The zero-order valence-corrected chi connectivity index (χ0v) is 12.9. The summed E-state index contributed by atoms with van der Waals surface area (Å²) in [6, 6.07) is 2.07. The van der Waals surface area contributed by atoms with E-state index in [4.69, 9.17) is 4.52 Å². The number of nitrogens with zero attached hydrogens (tertiary/aromatic N) is 2.